The van der Waals surface area contributed by atoms with Crippen molar-refractivity contribution < 1.29 is 0 Å². The summed E-state index contributed by atoms with van der Waals surface area (Å²) in [5.41, 5.74) is 4.20. The lowest BCUT2D eigenvalue weighted by atomic mass is 9.82. The van der Waals surface area contributed by atoms with Gasteiger partial charge in [0.1, 0.15) is 0 Å². The lowest BCUT2D eigenvalue weighted by molar-refractivity contribution is 0.443. The summed E-state index contributed by atoms with van der Waals surface area (Å²) in [5.74, 6) is 0.764. The van der Waals surface area contributed by atoms with E-state index in [0.717, 1.165) is 5.92 Å². The van der Waals surface area contributed by atoms with Crippen molar-refractivity contribution in [3.05, 3.63) is 71.3 Å². The van der Waals surface area contributed by atoms with E-state index < -0.39 is 0 Å². The van der Waals surface area contributed by atoms with Crippen LogP contribution in [0.3, 0.4) is 0 Å². The standard InChI is InChI=1S/C20H22/c1-3-9-17(10-4-1)15-16-19-13-7-8-14-20(19)18-11-5-2-6-12-18/h1,3-4,7-10,13-16,18H,2,5-6,11-12H2/b16-15+. The Morgan fingerprint density at radius 2 is 1.40 bits per heavy atom. The molecule has 2 aromatic rings. The van der Waals surface area contributed by atoms with Gasteiger partial charge in [-0.1, -0.05) is 86.0 Å². The van der Waals surface area contributed by atoms with Crippen molar-refractivity contribution >= 4 is 12.2 Å². The second-order valence-corrected chi connectivity index (χ2v) is 5.71. The molecule has 1 saturated carbocycles. The lowest BCUT2D eigenvalue weighted by Gasteiger charge is -2.23. The van der Waals surface area contributed by atoms with Gasteiger partial charge in [-0.15, -0.1) is 0 Å². The fourth-order valence-electron chi connectivity index (χ4n) is 3.20. The molecule has 102 valence electrons. The molecule has 1 aliphatic rings. The van der Waals surface area contributed by atoms with Crippen LogP contribution in [0.15, 0.2) is 54.6 Å². The molecule has 0 unspecified atom stereocenters. The van der Waals surface area contributed by atoms with Crippen LogP contribution >= 0.6 is 0 Å². The molecule has 0 atom stereocenters. The number of hydrogen-bond acceptors (Lipinski definition) is 0. The average Bonchev–Trinajstić information content (AvgIpc) is 2.55. The Bertz CT molecular complexity index is 560. The fourth-order valence-corrected chi connectivity index (χ4v) is 3.20. The molecule has 0 amide bonds. The third-order valence-electron chi connectivity index (χ3n) is 4.30. The SMILES string of the molecule is C(=C\c1ccccc1C1CCCCC1)/c1ccccc1. The van der Waals surface area contributed by atoms with Gasteiger partial charge < -0.3 is 0 Å². The number of hydrogen-bond donors (Lipinski definition) is 0. The molecule has 1 aliphatic carbocycles. The van der Waals surface area contributed by atoms with E-state index in [1.54, 1.807) is 5.56 Å². The second-order valence-electron chi connectivity index (χ2n) is 5.71. The first-order chi connectivity index (χ1) is 9.93. The van der Waals surface area contributed by atoms with Gasteiger partial charge in [0.2, 0.25) is 0 Å². The zero-order chi connectivity index (χ0) is 13.6. The lowest BCUT2D eigenvalue weighted by Crippen LogP contribution is -2.05. The molecule has 3 rings (SSSR count). The highest BCUT2D eigenvalue weighted by Crippen LogP contribution is 2.34. The first kappa shape index (κ1) is 13.2. The van der Waals surface area contributed by atoms with Crippen molar-refractivity contribution in [1.82, 2.24) is 0 Å². The molecule has 0 heterocycles. The Labute approximate surface area is 122 Å². The molecule has 0 bridgehead atoms. The predicted octanol–water partition coefficient (Wildman–Crippen LogP) is 5.90. The van der Waals surface area contributed by atoms with Crippen LogP contribution in [-0.2, 0) is 0 Å². The van der Waals surface area contributed by atoms with Gasteiger partial charge in [0.15, 0.2) is 0 Å². The highest BCUT2D eigenvalue weighted by molar-refractivity contribution is 5.71. The highest BCUT2D eigenvalue weighted by atomic mass is 14.2. The maximum atomic E-state index is 2.32. The van der Waals surface area contributed by atoms with E-state index in [0.29, 0.717) is 0 Å². The molecule has 0 saturated heterocycles. The largest absolute Gasteiger partial charge is 0.0622 e. The van der Waals surface area contributed by atoms with Crippen molar-refractivity contribution in [3.8, 4) is 0 Å². The van der Waals surface area contributed by atoms with Crippen molar-refractivity contribution in [1.29, 1.82) is 0 Å². The maximum absolute atomic E-state index is 2.32. The van der Waals surface area contributed by atoms with Crippen molar-refractivity contribution in [2.75, 3.05) is 0 Å². The minimum absolute atomic E-state index is 0.764. The van der Waals surface area contributed by atoms with Crippen molar-refractivity contribution in [3.63, 3.8) is 0 Å². The van der Waals surface area contributed by atoms with Crippen molar-refractivity contribution in [2.45, 2.75) is 38.0 Å². The van der Waals surface area contributed by atoms with Gasteiger partial charge in [0, 0.05) is 0 Å². The Balaban J connectivity index is 1.84. The van der Waals surface area contributed by atoms with Crippen LogP contribution in [0, 0.1) is 0 Å². The van der Waals surface area contributed by atoms with E-state index in [-0.39, 0.29) is 0 Å². The molecule has 0 aliphatic heterocycles. The van der Waals surface area contributed by atoms with E-state index in [1.807, 2.05) is 0 Å². The first-order valence-electron chi connectivity index (χ1n) is 7.75. The van der Waals surface area contributed by atoms with Gasteiger partial charge in [0.25, 0.3) is 0 Å². The monoisotopic (exact) mass is 262 g/mol. The van der Waals surface area contributed by atoms with E-state index in [9.17, 15) is 0 Å². The summed E-state index contributed by atoms with van der Waals surface area (Å²) in [6, 6.07) is 19.5. The summed E-state index contributed by atoms with van der Waals surface area (Å²) < 4.78 is 0. The van der Waals surface area contributed by atoms with Crippen LogP contribution in [0.2, 0.25) is 0 Å². The maximum Gasteiger partial charge on any atom is -0.0156 e. The van der Waals surface area contributed by atoms with Crippen LogP contribution in [0.5, 0.6) is 0 Å². The molecule has 0 aromatic heterocycles. The van der Waals surface area contributed by atoms with Crippen LogP contribution in [0.25, 0.3) is 12.2 Å². The molecule has 2 aromatic carbocycles. The molecule has 20 heavy (non-hydrogen) atoms. The zero-order valence-corrected chi connectivity index (χ0v) is 12.0. The number of rotatable bonds is 3. The van der Waals surface area contributed by atoms with E-state index in [1.165, 1.54) is 43.2 Å². The van der Waals surface area contributed by atoms with Crippen LogP contribution in [0.4, 0.5) is 0 Å². The Hall–Kier alpha value is -1.82. The molecule has 0 N–H and O–H groups in total. The van der Waals surface area contributed by atoms with E-state index >= 15 is 0 Å². The van der Waals surface area contributed by atoms with Gasteiger partial charge in [0.05, 0.1) is 0 Å². The molecule has 1 fully saturated rings. The molecular weight excluding hydrogens is 240 g/mol. The Morgan fingerprint density at radius 1 is 0.700 bits per heavy atom. The molecule has 0 heteroatoms. The molecule has 0 nitrogen and oxygen atoms in total. The summed E-state index contributed by atoms with van der Waals surface area (Å²) in [5, 5.41) is 0. The normalized spacial score (nSPS) is 16.6. The van der Waals surface area contributed by atoms with Crippen LogP contribution < -0.4 is 0 Å². The van der Waals surface area contributed by atoms with Gasteiger partial charge in [-0.3, -0.25) is 0 Å². The quantitative estimate of drug-likeness (QED) is 0.604. The minimum Gasteiger partial charge on any atom is -0.0622 e. The number of benzene rings is 2. The van der Waals surface area contributed by atoms with E-state index in [4.69, 9.17) is 0 Å². The van der Waals surface area contributed by atoms with Gasteiger partial charge in [-0.05, 0) is 35.4 Å². The van der Waals surface area contributed by atoms with Gasteiger partial charge in [-0.2, -0.15) is 0 Å². The molecule has 0 spiro atoms. The third kappa shape index (κ3) is 3.19. The third-order valence-corrected chi connectivity index (χ3v) is 4.30. The first-order valence-corrected chi connectivity index (χ1v) is 7.75. The topological polar surface area (TPSA) is 0 Å². The molecular formula is C20H22. The smallest absolute Gasteiger partial charge is 0.0156 e. The second kappa shape index (κ2) is 6.56. The summed E-state index contributed by atoms with van der Waals surface area (Å²) in [4.78, 5) is 0. The van der Waals surface area contributed by atoms with Crippen LogP contribution in [0.1, 0.15) is 54.7 Å². The molecule has 0 radical (unpaired) electrons. The van der Waals surface area contributed by atoms with Crippen LogP contribution in [-0.4, -0.2) is 0 Å². The van der Waals surface area contributed by atoms with Crippen molar-refractivity contribution in [2.24, 2.45) is 0 Å². The van der Waals surface area contributed by atoms with Gasteiger partial charge >= 0.3 is 0 Å². The van der Waals surface area contributed by atoms with Gasteiger partial charge in [-0.25, -0.2) is 0 Å². The summed E-state index contributed by atoms with van der Waals surface area (Å²) in [7, 11) is 0. The Kier molecular flexibility index (Phi) is 4.32. The fraction of sp³-hybridized carbons (Fsp3) is 0.300. The summed E-state index contributed by atoms with van der Waals surface area (Å²) in [6.45, 7) is 0. The van der Waals surface area contributed by atoms with E-state index in [2.05, 4.69) is 66.7 Å². The summed E-state index contributed by atoms with van der Waals surface area (Å²) in [6.07, 6.45) is 11.4. The Morgan fingerprint density at radius 3 is 2.20 bits per heavy atom. The minimum atomic E-state index is 0.764. The highest BCUT2D eigenvalue weighted by Gasteiger charge is 2.16. The summed E-state index contributed by atoms with van der Waals surface area (Å²) >= 11 is 0. The zero-order valence-electron chi connectivity index (χ0n) is 12.0. The average molecular weight is 262 g/mol. The predicted molar refractivity (Wildman–Crippen MR) is 87.6 cm³/mol.